The lowest BCUT2D eigenvalue weighted by Crippen LogP contribution is -2.24. The fourth-order valence-electron chi connectivity index (χ4n) is 1.91. The van der Waals surface area contributed by atoms with Crippen LogP contribution in [0.1, 0.15) is 31.5 Å². The van der Waals surface area contributed by atoms with Gasteiger partial charge in [0.25, 0.3) is 0 Å². The van der Waals surface area contributed by atoms with E-state index < -0.39 is 0 Å². The molecule has 0 bridgehead atoms. The average Bonchev–Trinajstić information content (AvgIpc) is 2.78. The molecule has 2 rings (SSSR count). The van der Waals surface area contributed by atoms with Crippen LogP contribution in [-0.2, 0) is 6.54 Å². The van der Waals surface area contributed by atoms with Gasteiger partial charge in [0, 0.05) is 23.8 Å². The van der Waals surface area contributed by atoms with Crippen molar-refractivity contribution in [2.75, 3.05) is 0 Å². The molecule has 0 aliphatic rings. The molecule has 102 valence electrons. The van der Waals surface area contributed by atoms with Crippen LogP contribution in [0.3, 0.4) is 0 Å². The van der Waals surface area contributed by atoms with Crippen LogP contribution in [-0.4, -0.2) is 15.8 Å². The summed E-state index contributed by atoms with van der Waals surface area (Å²) in [5.74, 6) is -0.255. The number of nitrogens with zero attached hydrogens (tertiary/aromatic N) is 2. The van der Waals surface area contributed by atoms with Crippen molar-refractivity contribution in [1.29, 1.82) is 0 Å². The Hall–Kier alpha value is -1.68. The summed E-state index contributed by atoms with van der Waals surface area (Å²) in [6, 6.07) is 7.16. The van der Waals surface area contributed by atoms with E-state index in [-0.39, 0.29) is 5.82 Å². The number of hydrogen-bond acceptors (Lipinski definition) is 2. The third kappa shape index (κ3) is 3.01. The molecule has 1 N–H and O–H groups in total. The molecule has 0 radical (unpaired) electrons. The second kappa shape index (κ2) is 5.97. The number of aromatic nitrogens is 2. The second-order valence-corrected chi connectivity index (χ2v) is 4.81. The van der Waals surface area contributed by atoms with Gasteiger partial charge in [-0.1, -0.05) is 19.1 Å². The zero-order chi connectivity index (χ0) is 13.8. The number of halogens is 1. The first-order valence-corrected chi connectivity index (χ1v) is 6.65. The van der Waals surface area contributed by atoms with E-state index in [0.29, 0.717) is 11.7 Å². The van der Waals surface area contributed by atoms with E-state index in [1.807, 2.05) is 13.0 Å². The highest BCUT2D eigenvalue weighted by molar-refractivity contribution is 5.36. The minimum absolute atomic E-state index is 0.255. The minimum Gasteiger partial charge on any atom is -0.310 e. The van der Waals surface area contributed by atoms with Crippen molar-refractivity contribution in [1.82, 2.24) is 15.1 Å². The summed E-state index contributed by atoms with van der Waals surface area (Å²) in [4.78, 5) is 0. The Morgan fingerprint density at radius 3 is 2.79 bits per heavy atom. The van der Waals surface area contributed by atoms with Crippen LogP contribution in [0, 0.1) is 12.7 Å². The molecule has 1 aromatic carbocycles. The molecule has 0 saturated heterocycles. The molecule has 1 aromatic heterocycles. The predicted octanol–water partition coefficient (Wildman–Crippen LogP) is 3.21. The van der Waals surface area contributed by atoms with E-state index in [1.54, 1.807) is 23.0 Å². The fraction of sp³-hybridized carbons (Fsp3) is 0.400. The normalized spacial score (nSPS) is 12.6. The SMILES string of the molecule is CCC(C)NCc1cnn(-c2ccccc2F)c1C. The highest BCUT2D eigenvalue weighted by Crippen LogP contribution is 2.17. The van der Waals surface area contributed by atoms with Crippen molar-refractivity contribution in [2.24, 2.45) is 0 Å². The van der Waals surface area contributed by atoms with E-state index in [9.17, 15) is 4.39 Å². The summed E-state index contributed by atoms with van der Waals surface area (Å²) in [6.45, 7) is 7.02. The van der Waals surface area contributed by atoms with Gasteiger partial charge < -0.3 is 5.32 Å². The number of benzene rings is 1. The number of rotatable bonds is 5. The van der Waals surface area contributed by atoms with Crippen LogP contribution in [0.25, 0.3) is 5.69 Å². The van der Waals surface area contributed by atoms with Gasteiger partial charge in [0.15, 0.2) is 0 Å². The smallest absolute Gasteiger partial charge is 0.148 e. The molecule has 0 aliphatic carbocycles. The van der Waals surface area contributed by atoms with E-state index in [1.165, 1.54) is 6.07 Å². The largest absolute Gasteiger partial charge is 0.310 e. The van der Waals surface area contributed by atoms with Crippen molar-refractivity contribution in [2.45, 2.75) is 39.8 Å². The van der Waals surface area contributed by atoms with E-state index in [2.05, 4.69) is 24.3 Å². The molecule has 4 heteroatoms. The van der Waals surface area contributed by atoms with Crippen LogP contribution in [0.4, 0.5) is 4.39 Å². The third-order valence-electron chi connectivity index (χ3n) is 3.45. The monoisotopic (exact) mass is 261 g/mol. The zero-order valence-corrected chi connectivity index (χ0v) is 11.7. The average molecular weight is 261 g/mol. The van der Waals surface area contributed by atoms with Gasteiger partial charge in [-0.15, -0.1) is 0 Å². The van der Waals surface area contributed by atoms with E-state index in [4.69, 9.17) is 0 Å². The predicted molar refractivity (Wildman–Crippen MR) is 74.9 cm³/mol. The molecular weight excluding hydrogens is 241 g/mol. The summed E-state index contributed by atoms with van der Waals surface area (Å²) in [5.41, 5.74) is 2.57. The summed E-state index contributed by atoms with van der Waals surface area (Å²) in [6.07, 6.45) is 2.89. The Kier molecular flexibility index (Phi) is 4.32. The highest BCUT2D eigenvalue weighted by Gasteiger charge is 2.11. The van der Waals surface area contributed by atoms with Crippen LogP contribution < -0.4 is 5.32 Å². The Bertz CT molecular complexity index is 548. The van der Waals surface area contributed by atoms with Gasteiger partial charge in [-0.2, -0.15) is 5.10 Å². The molecule has 0 aliphatic heterocycles. The molecule has 3 nitrogen and oxygen atoms in total. The lowest BCUT2D eigenvalue weighted by atomic mass is 10.2. The van der Waals surface area contributed by atoms with Crippen molar-refractivity contribution >= 4 is 0 Å². The lowest BCUT2D eigenvalue weighted by molar-refractivity contribution is 0.533. The van der Waals surface area contributed by atoms with Gasteiger partial charge in [-0.3, -0.25) is 0 Å². The number of hydrogen-bond donors (Lipinski definition) is 1. The molecule has 0 fully saturated rings. The molecule has 1 unspecified atom stereocenters. The van der Waals surface area contributed by atoms with Crippen molar-refractivity contribution in [3.8, 4) is 5.69 Å². The summed E-state index contributed by atoms with van der Waals surface area (Å²) in [5, 5.41) is 7.71. The van der Waals surface area contributed by atoms with E-state index in [0.717, 1.165) is 24.2 Å². The zero-order valence-electron chi connectivity index (χ0n) is 11.7. The van der Waals surface area contributed by atoms with Crippen molar-refractivity contribution in [3.63, 3.8) is 0 Å². The topological polar surface area (TPSA) is 29.9 Å². The Balaban J connectivity index is 2.21. The number of nitrogens with one attached hydrogen (secondary N) is 1. The second-order valence-electron chi connectivity index (χ2n) is 4.81. The van der Waals surface area contributed by atoms with Gasteiger partial charge in [0.1, 0.15) is 11.5 Å². The van der Waals surface area contributed by atoms with Crippen LogP contribution >= 0.6 is 0 Å². The van der Waals surface area contributed by atoms with Gasteiger partial charge in [0.2, 0.25) is 0 Å². The third-order valence-corrected chi connectivity index (χ3v) is 3.45. The Morgan fingerprint density at radius 1 is 1.37 bits per heavy atom. The van der Waals surface area contributed by atoms with Crippen LogP contribution in [0.15, 0.2) is 30.5 Å². The van der Waals surface area contributed by atoms with Gasteiger partial charge in [-0.05, 0) is 32.4 Å². The van der Waals surface area contributed by atoms with Crippen LogP contribution in [0.2, 0.25) is 0 Å². The maximum atomic E-state index is 13.8. The minimum atomic E-state index is -0.255. The highest BCUT2D eigenvalue weighted by atomic mass is 19.1. The molecule has 2 aromatic rings. The summed E-state index contributed by atoms with van der Waals surface area (Å²) >= 11 is 0. The first kappa shape index (κ1) is 13.7. The summed E-state index contributed by atoms with van der Waals surface area (Å²) in [7, 11) is 0. The Morgan fingerprint density at radius 2 is 2.11 bits per heavy atom. The molecule has 1 atom stereocenters. The molecule has 0 saturated carbocycles. The first-order chi connectivity index (χ1) is 9.13. The molecular formula is C15H20FN3. The lowest BCUT2D eigenvalue weighted by Gasteiger charge is -2.11. The quantitative estimate of drug-likeness (QED) is 0.895. The van der Waals surface area contributed by atoms with Gasteiger partial charge in [-0.25, -0.2) is 9.07 Å². The van der Waals surface area contributed by atoms with Crippen molar-refractivity contribution in [3.05, 3.63) is 47.5 Å². The van der Waals surface area contributed by atoms with Crippen LogP contribution in [0.5, 0.6) is 0 Å². The molecule has 19 heavy (non-hydrogen) atoms. The Labute approximate surface area is 113 Å². The van der Waals surface area contributed by atoms with Gasteiger partial charge in [0.05, 0.1) is 6.20 Å². The maximum absolute atomic E-state index is 13.8. The summed E-state index contributed by atoms with van der Waals surface area (Å²) < 4.78 is 15.4. The standard InChI is InChI=1S/C15H20FN3/c1-4-11(2)17-9-13-10-18-19(12(13)3)15-8-6-5-7-14(15)16/h5-8,10-11,17H,4,9H2,1-3H3. The van der Waals surface area contributed by atoms with Crippen molar-refractivity contribution < 1.29 is 4.39 Å². The number of para-hydroxylation sites is 1. The maximum Gasteiger partial charge on any atom is 0.148 e. The molecule has 1 heterocycles. The molecule has 0 amide bonds. The van der Waals surface area contributed by atoms with Gasteiger partial charge >= 0.3 is 0 Å². The first-order valence-electron chi connectivity index (χ1n) is 6.65. The fourth-order valence-corrected chi connectivity index (χ4v) is 1.91. The van der Waals surface area contributed by atoms with E-state index >= 15 is 0 Å². The molecule has 0 spiro atoms.